The summed E-state index contributed by atoms with van der Waals surface area (Å²) in [6.45, 7) is 10.9. The van der Waals surface area contributed by atoms with E-state index in [1.807, 2.05) is 37.6 Å². The van der Waals surface area contributed by atoms with Crippen LogP contribution in [0.1, 0.15) is 27.7 Å². The van der Waals surface area contributed by atoms with Gasteiger partial charge in [0, 0.05) is 26.2 Å². The SMILES string of the molecule is CCN(CC)C1=NC(O)=NC(O)N1N(CC)CC. The summed E-state index contributed by atoms with van der Waals surface area (Å²) in [7, 11) is 0. The molecular formula is C11H23N5O2. The summed E-state index contributed by atoms with van der Waals surface area (Å²) in [5.74, 6) is 0.531. The summed E-state index contributed by atoms with van der Waals surface area (Å²) in [4.78, 5) is 9.69. The van der Waals surface area contributed by atoms with Crippen molar-refractivity contribution in [1.82, 2.24) is 14.9 Å². The van der Waals surface area contributed by atoms with E-state index >= 15 is 0 Å². The number of amidine groups is 1. The van der Waals surface area contributed by atoms with Crippen LogP contribution in [0.25, 0.3) is 0 Å². The van der Waals surface area contributed by atoms with E-state index < -0.39 is 6.35 Å². The van der Waals surface area contributed by atoms with Gasteiger partial charge in [-0.15, -0.1) is 0 Å². The van der Waals surface area contributed by atoms with Crippen LogP contribution >= 0.6 is 0 Å². The van der Waals surface area contributed by atoms with Crippen LogP contribution in [0.3, 0.4) is 0 Å². The number of rotatable bonds is 5. The average Bonchev–Trinajstić information content (AvgIpc) is 2.34. The number of hydrogen-bond donors (Lipinski definition) is 2. The van der Waals surface area contributed by atoms with Gasteiger partial charge in [0.25, 0.3) is 0 Å². The summed E-state index contributed by atoms with van der Waals surface area (Å²) >= 11 is 0. The summed E-state index contributed by atoms with van der Waals surface area (Å²) < 4.78 is 0. The first-order chi connectivity index (χ1) is 8.58. The van der Waals surface area contributed by atoms with E-state index in [1.165, 1.54) is 0 Å². The molecule has 0 fully saturated rings. The van der Waals surface area contributed by atoms with Crippen LogP contribution in [0.5, 0.6) is 0 Å². The van der Waals surface area contributed by atoms with Crippen LogP contribution in [0.4, 0.5) is 0 Å². The van der Waals surface area contributed by atoms with Crippen molar-refractivity contribution >= 4 is 12.0 Å². The molecule has 0 saturated heterocycles. The van der Waals surface area contributed by atoms with Crippen molar-refractivity contribution < 1.29 is 10.2 Å². The Balaban J connectivity index is 3.08. The molecule has 1 heterocycles. The minimum absolute atomic E-state index is 0.382. The number of aliphatic hydroxyl groups excluding tert-OH is 2. The fraction of sp³-hybridized carbons (Fsp3) is 0.818. The van der Waals surface area contributed by atoms with Gasteiger partial charge < -0.3 is 15.1 Å². The Morgan fingerprint density at radius 3 is 2.11 bits per heavy atom. The first-order valence-corrected chi connectivity index (χ1v) is 6.41. The number of aliphatic hydroxyl groups is 2. The fourth-order valence-corrected chi connectivity index (χ4v) is 1.95. The fourth-order valence-electron chi connectivity index (χ4n) is 1.95. The molecular weight excluding hydrogens is 234 g/mol. The molecule has 0 aromatic rings. The number of nitrogens with zero attached hydrogens (tertiary/aromatic N) is 5. The molecule has 0 aliphatic carbocycles. The average molecular weight is 257 g/mol. The molecule has 0 spiro atoms. The van der Waals surface area contributed by atoms with E-state index in [2.05, 4.69) is 9.98 Å². The van der Waals surface area contributed by atoms with Crippen molar-refractivity contribution in [2.75, 3.05) is 26.2 Å². The van der Waals surface area contributed by atoms with Crippen molar-refractivity contribution in [2.45, 2.75) is 34.0 Å². The minimum atomic E-state index is -1.13. The van der Waals surface area contributed by atoms with E-state index in [0.717, 1.165) is 26.2 Å². The second kappa shape index (κ2) is 6.55. The third-order valence-electron chi connectivity index (χ3n) is 2.94. The van der Waals surface area contributed by atoms with Crippen molar-refractivity contribution in [3.05, 3.63) is 0 Å². The third kappa shape index (κ3) is 2.91. The molecule has 7 nitrogen and oxygen atoms in total. The molecule has 7 heteroatoms. The zero-order chi connectivity index (χ0) is 13.7. The molecule has 0 aromatic heterocycles. The minimum Gasteiger partial charge on any atom is -0.479 e. The number of hydrogen-bond acceptors (Lipinski definition) is 6. The van der Waals surface area contributed by atoms with Crippen molar-refractivity contribution in [3.8, 4) is 0 Å². The first-order valence-electron chi connectivity index (χ1n) is 6.41. The lowest BCUT2D eigenvalue weighted by Crippen LogP contribution is -2.58. The Morgan fingerprint density at radius 2 is 1.67 bits per heavy atom. The second-order valence-corrected chi connectivity index (χ2v) is 3.84. The Bertz CT molecular complexity index is 323. The molecule has 1 aliphatic heterocycles. The lowest BCUT2D eigenvalue weighted by molar-refractivity contribution is -0.0870. The van der Waals surface area contributed by atoms with Gasteiger partial charge in [-0.05, 0) is 13.8 Å². The van der Waals surface area contributed by atoms with E-state index in [4.69, 9.17) is 0 Å². The van der Waals surface area contributed by atoms with Crippen LogP contribution in [-0.2, 0) is 0 Å². The highest BCUT2D eigenvalue weighted by Crippen LogP contribution is 2.13. The van der Waals surface area contributed by atoms with Crippen LogP contribution < -0.4 is 0 Å². The summed E-state index contributed by atoms with van der Waals surface area (Å²) in [6.07, 6.45) is -1.13. The third-order valence-corrected chi connectivity index (χ3v) is 2.94. The molecule has 0 saturated carbocycles. The standard InChI is InChI=1S/C11H23N5O2/c1-5-14(6-2)10-12-9(17)13-11(18)16(10)15(7-3)8-4/h11,18H,5-8H2,1-4H3,(H,13,17). The molecule has 1 unspecified atom stereocenters. The maximum Gasteiger partial charge on any atom is 0.316 e. The Hall–Kier alpha value is -1.34. The Labute approximate surface area is 108 Å². The van der Waals surface area contributed by atoms with E-state index in [-0.39, 0.29) is 6.02 Å². The largest absolute Gasteiger partial charge is 0.479 e. The summed E-state index contributed by atoms with van der Waals surface area (Å²) in [5.41, 5.74) is 0. The summed E-state index contributed by atoms with van der Waals surface area (Å²) in [5, 5.41) is 23.0. The van der Waals surface area contributed by atoms with Gasteiger partial charge in [0.15, 0.2) is 0 Å². The molecule has 0 radical (unpaired) electrons. The predicted octanol–water partition coefficient (Wildman–Crippen LogP) is 0.446. The molecule has 0 amide bonds. The molecule has 1 atom stereocenters. The van der Waals surface area contributed by atoms with Crippen molar-refractivity contribution in [2.24, 2.45) is 9.98 Å². The topological polar surface area (TPSA) is 74.9 Å². The Kier molecular flexibility index (Phi) is 5.36. The lowest BCUT2D eigenvalue weighted by Gasteiger charge is -2.41. The molecule has 0 aromatic carbocycles. The van der Waals surface area contributed by atoms with E-state index in [9.17, 15) is 10.2 Å². The normalized spacial score (nSPS) is 19.9. The molecule has 104 valence electrons. The van der Waals surface area contributed by atoms with E-state index in [1.54, 1.807) is 5.01 Å². The van der Waals surface area contributed by atoms with E-state index in [0.29, 0.717) is 5.96 Å². The van der Waals surface area contributed by atoms with Crippen molar-refractivity contribution in [3.63, 3.8) is 0 Å². The highest BCUT2D eigenvalue weighted by Gasteiger charge is 2.31. The van der Waals surface area contributed by atoms with Crippen molar-refractivity contribution in [1.29, 1.82) is 0 Å². The number of hydrazine groups is 1. The molecule has 0 bridgehead atoms. The van der Waals surface area contributed by atoms with Gasteiger partial charge in [-0.25, -0.2) is 10.0 Å². The second-order valence-electron chi connectivity index (χ2n) is 3.84. The number of guanidine groups is 1. The highest BCUT2D eigenvalue weighted by molar-refractivity contribution is 5.93. The van der Waals surface area contributed by atoms with Gasteiger partial charge in [0.1, 0.15) is 0 Å². The number of aliphatic imine (C=N–C) groups is 2. The van der Waals surface area contributed by atoms with Gasteiger partial charge >= 0.3 is 6.02 Å². The first kappa shape index (κ1) is 14.7. The van der Waals surface area contributed by atoms with Gasteiger partial charge in [0.05, 0.1) is 0 Å². The zero-order valence-corrected chi connectivity index (χ0v) is 11.5. The predicted molar refractivity (Wildman–Crippen MR) is 71.2 cm³/mol. The van der Waals surface area contributed by atoms with Gasteiger partial charge in [-0.2, -0.15) is 9.98 Å². The monoisotopic (exact) mass is 257 g/mol. The maximum absolute atomic E-state index is 10.0. The Morgan fingerprint density at radius 1 is 1.11 bits per heavy atom. The van der Waals surface area contributed by atoms with Crippen LogP contribution in [0.15, 0.2) is 9.98 Å². The van der Waals surface area contributed by atoms with Crippen LogP contribution in [0.2, 0.25) is 0 Å². The maximum atomic E-state index is 10.0. The van der Waals surface area contributed by atoms with Crippen LogP contribution in [0, 0.1) is 0 Å². The zero-order valence-electron chi connectivity index (χ0n) is 11.5. The van der Waals surface area contributed by atoms with Gasteiger partial charge in [-0.1, -0.05) is 13.8 Å². The lowest BCUT2D eigenvalue weighted by atomic mass is 10.5. The quantitative estimate of drug-likeness (QED) is 0.748. The van der Waals surface area contributed by atoms with Gasteiger partial charge in [-0.3, -0.25) is 0 Å². The molecule has 1 aliphatic rings. The smallest absolute Gasteiger partial charge is 0.316 e. The molecule has 2 N–H and O–H groups in total. The molecule has 18 heavy (non-hydrogen) atoms. The van der Waals surface area contributed by atoms with Gasteiger partial charge in [0.2, 0.25) is 12.3 Å². The van der Waals surface area contributed by atoms with Crippen LogP contribution in [-0.4, -0.2) is 69.6 Å². The summed E-state index contributed by atoms with van der Waals surface area (Å²) in [6, 6.07) is -0.382. The molecule has 1 rings (SSSR count). The highest BCUT2D eigenvalue weighted by atomic mass is 16.3.